The third-order valence-electron chi connectivity index (χ3n) is 3.13. The van der Waals surface area contributed by atoms with Gasteiger partial charge in [0, 0.05) is 19.7 Å². The second-order valence-corrected chi connectivity index (χ2v) is 5.48. The lowest BCUT2D eigenvalue weighted by Crippen LogP contribution is -2.44. The van der Waals surface area contributed by atoms with Crippen LogP contribution in [0.3, 0.4) is 0 Å². The highest BCUT2D eigenvalue weighted by atomic mass is 35.5. The summed E-state index contributed by atoms with van der Waals surface area (Å²) in [6.07, 6.45) is 0. The van der Waals surface area contributed by atoms with Gasteiger partial charge in [0.1, 0.15) is 11.8 Å². The minimum absolute atomic E-state index is 0.133. The number of nitrogens with zero attached hydrogens (tertiary/aromatic N) is 1. The fourth-order valence-corrected chi connectivity index (χ4v) is 2.21. The van der Waals surface area contributed by atoms with Gasteiger partial charge in [-0.1, -0.05) is 23.7 Å². The average molecular weight is 321 g/mol. The standard InChI is InChI=1S/C16H17ClN2O3/c1-10(16(21)19(2)3)18-15(20)14-9-8-13(22-14)11-6-4-5-7-12(11)17/h4-10H,1-3H3,(H,18,20)/t10-/m0/s1. The van der Waals surface area contributed by atoms with Gasteiger partial charge in [0.05, 0.1) is 5.02 Å². The number of hydrogen-bond acceptors (Lipinski definition) is 3. The van der Waals surface area contributed by atoms with Gasteiger partial charge in [-0.3, -0.25) is 9.59 Å². The molecular formula is C16H17ClN2O3. The molecule has 0 aliphatic carbocycles. The normalized spacial score (nSPS) is 11.8. The number of likely N-dealkylation sites (N-methyl/N-ethyl adjacent to an activating group) is 1. The minimum Gasteiger partial charge on any atom is -0.451 e. The first-order valence-corrected chi connectivity index (χ1v) is 7.14. The molecule has 1 aromatic carbocycles. The molecule has 1 aromatic heterocycles. The number of rotatable bonds is 4. The zero-order valence-corrected chi connectivity index (χ0v) is 13.3. The van der Waals surface area contributed by atoms with Crippen LogP contribution in [0.5, 0.6) is 0 Å². The molecule has 5 nitrogen and oxygen atoms in total. The number of nitrogens with one attached hydrogen (secondary N) is 1. The van der Waals surface area contributed by atoms with E-state index < -0.39 is 11.9 Å². The Kier molecular flexibility index (Phi) is 4.88. The van der Waals surface area contributed by atoms with Gasteiger partial charge in [-0.2, -0.15) is 0 Å². The highest BCUT2D eigenvalue weighted by molar-refractivity contribution is 6.33. The molecule has 2 amide bonds. The molecule has 0 radical (unpaired) electrons. The fourth-order valence-electron chi connectivity index (χ4n) is 1.98. The van der Waals surface area contributed by atoms with Crippen LogP contribution < -0.4 is 5.32 Å². The van der Waals surface area contributed by atoms with E-state index in [4.69, 9.17) is 16.0 Å². The molecule has 0 aliphatic heterocycles. The van der Waals surface area contributed by atoms with E-state index in [9.17, 15) is 9.59 Å². The lowest BCUT2D eigenvalue weighted by molar-refractivity contribution is -0.130. The summed E-state index contributed by atoms with van der Waals surface area (Å²) >= 11 is 6.10. The molecule has 1 atom stereocenters. The summed E-state index contributed by atoms with van der Waals surface area (Å²) in [6.45, 7) is 1.62. The Hall–Kier alpha value is -2.27. The highest BCUT2D eigenvalue weighted by Gasteiger charge is 2.20. The summed E-state index contributed by atoms with van der Waals surface area (Å²) in [7, 11) is 3.26. The first-order chi connectivity index (χ1) is 10.4. The maximum absolute atomic E-state index is 12.1. The zero-order valence-electron chi connectivity index (χ0n) is 12.6. The predicted molar refractivity (Wildman–Crippen MR) is 84.8 cm³/mol. The molecule has 0 bridgehead atoms. The Morgan fingerprint density at radius 3 is 2.50 bits per heavy atom. The van der Waals surface area contributed by atoms with Gasteiger partial charge in [-0.05, 0) is 31.2 Å². The van der Waals surface area contributed by atoms with Gasteiger partial charge in [0.15, 0.2) is 5.76 Å². The second kappa shape index (κ2) is 6.66. The van der Waals surface area contributed by atoms with Crippen LogP contribution in [0.1, 0.15) is 17.5 Å². The van der Waals surface area contributed by atoms with Crippen molar-refractivity contribution in [2.75, 3.05) is 14.1 Å². The summed E-state index contributed by atoms with van der Waals surface area (Å²) < 4.78 is 5.53. The number of carbonyl (C=O) groups is 2. The number of furan rings is 1. The molecule has 1 heterocycles. The zero-order chi connectivity index (χ0) is 16.3. The molecule has 0 unspecified atom stereocenters. The van der Waals surface area contributed by atoms with Crippen LogP contribution in [0.15, 0.2) is 40.8 Å². The first-order valence-electron chi connectivity index (χ1n) is 6.77. The second-order valence-electron chi connectivity index (χ2n) is 5.07. The molecular weight excluding hydrogens is 304 g/mol. The van der Waals surface area contributed by atoms with Crippen molar-refractivity contribution in [2.24, 2.45) is 0 Å². The van der Waals surface area contributed by atoms with E-state index in [1.165, 1.54) is 4.90 Å². The molecule has 0 fully saturated rings. The van der Waals surface area contributed by atoms with Gasteiger partial charge in [0.2, 0.25) is 5.91 Å². The van der Waals surface area contributed by atoms with E-state index in [0.29, 0.717) is 16.3 Å². The fraction of sp³-hybridized carbons (Fsp3) is 0.250. The van der Waals surface area contributed by atoms with Gasteiger partial charge < -0.3 is 14.6 Å². The first kappa shape index (κ1) is 16.1. The van der Waals surface area contributed by atoms with Gasteiger partial charge in [0.25, 0.3) is 5.91 Å². The Labute approximate surface area is 133 Å². The van der Waals surface area contributed by atoms with Crippen molar-refractivity contribution < 1.29 is 14.0 Å². The molecule has 22 heavy (non-hydrogen) atoms. The number of benzene rings is 1. The molecule has 1 N–H and O–H groups in total. The third-order valence-corrected chi connectivity index (χ3v) is 3.46. The summed E-state index contributed by atoms with van der Waals surface area (Å²) in [4.78, 5) is 25.3. The van der Waals surface area contributed by atoms with Crippen LogP contribution in [0.2, 0.25) is 5.02 Å². The number of carbonyl (C=O) groups excluding carboxylic acids is 2. The van der Waals surface area contributed by atoms with Crippen molar-refractivity contribution in [1.82, 2.24) is 10.2 Å². The minimum atomic E-state index is -0.628. The van der Waals surface area contributed by atoms with Gasteiger partial charge in [-0.25, -0.2) is 0 Å². The van der Waals surface area contributed by atoms with E-state index >= 15 is 0 Å². The Morgan fingerprint density at radius 1 is 1.18 bits per heavy atom. The van der Waals surface area contributed by atoms with E-state index in [1.54, 1.807) is 45.3 Å². The van der Waals surface area contributed by atoms with Crippen molar-refractivity contribution in [3.63, 3.8) is 0 Å². The predicted octanol–water partition coefficient (Wildman–Crippen LogP) is 2.81. The average Bonchev–Trinajstić information content (AvgIpc) is 2.96. The number of amides is 2. The number of hydrogen-bond donors (Lipinski definition) is 1. The maximum atomic E-state index is 12.1. The highest BCUT2D eigenvalue weighted by Crippen LogP contribution is 2.28. The summed E-state index contributed by atoms with van der Waals surface area (Å²) in [5, 5.41) is 3.14. The van der Waals surface area contributed by atoms with Crippen LogP contribution in [-0.2, 0) is 4.79 Å². The molecule has 6 heteroatoms. The largest absolute Gasteiger partial charge is 0.451 e. The molecule has 2 aromatic rings. The van der Waals surface area contributed by atoms with Gasteiger partial charge >= 0.3 is 0 Å². The topological polar surface area (TPSA) is 62.6 Å². The summed E-state index contributed by atoms with van der Waals surface area (Å²) in [6, 6.07) is 9.81. The summed E-state index contributed by atoms with van der Waals surface area (Å²) in [5.74, 6) is 0.00269. The van der Waals surface area contributed by atoms with E-state index in [2.05, 4.69) is 5.32 Å². The smallest absolute Gasteiger partial charge is 0.287 e. The van der Waals surface area contributed by atoms with Crippen molar-refractivity contribution in [2.45, 2.75) is 13.0 Å². The van der Waals surface area contributed by atoms with E-state index in [-0.39, 0.29) is 11.7 Å². The monoisotopic (exact) mass is 320 g/mol. The summed E-state index contributed by atoms with van der Waals surface area (Å²) in [5.41, 5.74) is 0.709. The Morgan fingerprint density at radius 2 is 1.86 bits per heavy atom. The maximum Gasteiger partial charge on any atom is 0.287 e. The molecule has 2 rings (SSSR count). The van der Waals surface area contributed by atoms with Crippen LogP contribution >= 0.6 is 11.6 Å². The lowest BCUT2D eigenvalue weighted by Gasteiger charge is -2.17. The van der Waals surface area contributed by atoms with Crippen LogP contribution in [0, 0.1) is 0 Å². The lowest BCUT2D eigenvalue weighted by atomic mass is 10.2. The van der Waals surface area contributed by atoms with E-state index in [0.717, 1.165) is 0 Å². The molecule has 0 spiro atoms. The molecule has 0 saturated carbocycles. The van der Waals surface area contributed by atoms with Crippen LogP contribution in [0.4, 0.5) is 0 Å². The number of halogens is 1. The Balaban J connectivity index is 2.13. The SMILES string of the molecule is C[C@H](NC(=O)c1ccc(-c2ccccc2Cl)o1)C(=O)N(C)C. The third kappa shape index (κ3) is 3.49. The molecule has 116 valence electrons. The Bertz CT molecular complexity index is 694. The van der Waals surface area contributed by atoms with Crippen molar-refractivity contribution in [1.29, 1.82) is 0 Å². The van der Waals surface area contributed by atoms with E-state index in [1.807, 2.05) is 12.1 Å². The van der Waals surface area contributed by atoms with Crippen LogP contribution in [-0.4, -0.2) is 36.9 Å². The molecule has 0 saturated heterocycles. The molecule has 0 aliphatic rings. The van der Waals surface area contributed by atoms with Gasteiger partial charge in [-0.15, -0.1) is 0 Å². The van der Waals surface area contributed by atoms with Crippen molar-refractivity contribution in [3.8, 4) is 11.3 Å². The van der Waals surface area contributed by atoms with Crippen molar-refractivity contribution in [3.05, 3.63) is 47.2 Å². The van der Waals surface area contributed by atoms with Crippen molar-refractivity contribution >= 4 is 23.4 Å². The van der Waals surface area contributed by atoms with Crippen LogP contribution in [0.25, 0.3) is 11.3 Å². The quantitative estimate of drug-likeness (QED) is 0.942.